The first kappa shape index (κ1) is 26.1. The number of esters is 1. The van der Waals surface area contributed by atoms with Gasteiger partial charge < -0.3 is 10.1 Å². The number of nitrogens with zero attached hydrogens (tertiary/aromatic N) is 1. The highest BCUT2D eigenvalue weighted by atomic mass is 19.1. The summed E-state index contributed by atoms with van der Waals surface area (Å²) in [4.78, 5) is 54.3. The minimum Gasteiger partial charge on any atom is -0.466 e. The Balaban J connectivity index is 2.14. The lowest BCUT2D eigenvalue weighted by atomic mass is 9.88. The van der Waals surface area contributed by atoms with Crippen LogP contribution in [0.1, 0.15) is 56.9 Å². The molecule has 8 heteroatoms. The number of benzene rings is 1. The smallest absolute Gasteiger partial charge is 0.308 e. The van der Waals surface area contributed by atoms with E-state index in [0.717, 1.165) is 11.8 Å². The summed E-state index contributed by atoms with van der Waals surface area (Å²) in [5, 5.41) is 4.01. The van der Waals surface area contributed by atoms with E-state index in [9.17, 15) is 23.6 Å². The molecule has 0 spiro atoms. The quantitative estimate of drug-likeness (QED) is 0.278. The Kier molecular flexibility index (Phi) is 10.1. The zero-order valence-electron chi connectivity index (χ0n) is 19.3. The number of ether oxygens (including phenoxy) is 1. The number of nitrogens with one attached hydrogen (secondary N) is 1. The van der Waals surface area contributed by atoms with E-state index < -0.39 is 42.7 Å². The largest absolute Gasteiger partial charge is 0.466 e. The molecule has 33 heavy (non-hydrogen) atoms. The predicted molar refractivity (Wildman–Crippen MR) is 122 cm³/mol. The third-order valence-corrected chi connectivity index (χ3v) is 5.45. The van der Waals surface area contributed by atoms with Crippen LogP contribution in [0.5, 0.6) is 0 Å². The number of ketones is 2. The van der Waals surface area contributed by atoms with Gasteiger partial charge in [0.15, 0.2) is 11.6 Å². The number of rotatable bonds is 13. The Bertz CT molecular complexity index is 986. The second-order valence-electron chi connectivity index (χ2n) is 8.30. The lowest BCUT2D eigenvalue weighted by Crippen LogP contribution is -2.47. The molecule has 0 aliphatic rings. The molecule has 0 saturated carbocycles. The number of alkyl halides is 1. The maximum absolute atomic E-state index is 13.1. The van der Waals surface area contributed by atoms with Gasteiger partial charge in [-0.1, -0.05) is 51.5 Å². The van der Waals surface area contributed by atoms with Crippen molar-refractivity contribution in [3.63, 3.8) is 0 Å². The van der Waals surface area contributed by atoms with Crippen LogP contribution in [-0.4, -0.2) is 47.8 Å². The van der Waals surface area contributed by atoms with Crippen molar-refractivity contribution in [2.45, 2.75) is 52.5 Å². The fraction of sp³-hybridized carbons (Fsp3) is 0.480. The SMILES string of the molecule is CCCCOC(=O)CC(NC(=O)C(CC(=O)c1nccc2ccccc12)C(C)C)C(=O)CF. The maximum atomic E-state index is 13.1. The van der Waals surface area contributed by atoms with Crippen molar-refractivity contribution >= 4 is 34.2 Å². The minimum atomic E-state index is -1.34. The molecular weight excluding hydrogens is 427 g/mol. The van der Waals surface area contributed by atoms with E-state index in [0.29, 0.717) is 11.8 Å². The van der Waals surface area contributed by atoms with Crippen molar-refractivity contribution in [1.29, 1.82) is 0 Å². The molecule has 1 N–H and O–H groups in total. The number of carbonyl (C=O) groups excluding carboxylic acids is 4. The molecule has 0 aliphatic heterocycles. The summed E-state index contributed by atoms with van der Waals surface area (Å²) >= 11 is 0. The van der Waals surface area contributed by atoms with E-state index >= 15 is 0 Å². The Labute approximate surface area is 193 Å². The normalized spacial score (nSPS) is 12.9. The standard InChI is InChI=1S/C25H31FN2O5/c1-4-5-12-33-23(31)14-20(22(30)15-26)28-25(32)19(16(2)3)13-21(29)24-18-9-7-6-8-17(18)10-11-27-24/h6-11,16,19-20H,4-5,12-15H2,1-3H3,(H,28,32). The van der Waals surface area contributed by atoms with Crippen LogP contribution in [0.25, 0.3) is 10.8 Å². The van der Waals surface area contributed by atoms with Gasteiger partial charge >= 0.3 is 5.97 Å². The van der Waals surface area contributed by atoms with Gasteiger partial charge in [-0.2, -0.15) is 0 Å². The summed E-state index contributed by atoms with van der Waals surface area (Å²) in [6, 6.07) is 7.78. The van der Waals surface area contributed by atoms with Crippen LogP contribution in [0.4, 0.5) is 4.39 Å². The number of Topliss-reactive ketones (excluding diaryl/α,β-unsaturated/α-hetero) is 2. The molecule has 1 aromatic carbocycles. The summed E-state index contributed by atoms with van der Waals surface area (Å²) in [6.07, 6.45) is 2.44. The number of unbranched alkanes of at least 4 members (excludes halogenated alkanes) is 1. The Morgan fingerprint density at radius 3 is 2.48 bits per heavy atom. The molecule has 7 nitrogen and oxygen atoms in total. The van der Waals surface area contributed by atoms with Crippen molar-refractivity contribution in [3.8, 4) is 0 Å². The number of pyridine rings is 1. The van der Waals surface area contributed by atoms with Gasteiger partial charge in [0.1, 0.15) is 18.4 Å². The van der Waals surface area contributed by atoms with Crippen LogP contribution in [0.2, 0.25) is 0 Å². The molecule has 2 rings (SSSR count). The number of hydrogen-bond donors (Lipinski definition) is 1. The lowest BCUT2D eigenvalue weighted by Gasteiger charge is -2.23. The van der Waals surface area contributed by atoms with Crippen LogP contribution in [0.15, 0.2) is 36.5 Å². The zero-order chi connectivity index (χ0) is 24.4. The van der Waals surface area contributed by atoms with Crippen LogP contribution in [0, 0.1) is 11.8 Å². The van der Waals surface area contributed by atoms with E-state index in [1.54, 1.807) is 38.2 Å². The number of hydrogen-bond acceptors (Lipinski definition) is 6. The molecule has 0 fully saturated rings. The van der Waals surface area contributed by atoms with Crippen molar-refractivity contribution in [3.05, 3.63) is 42.2 Å². The molecule has 0 radical (unpaired) electrons. The number of halogens is 1. The lowest BCUT2D eigenvalue weighted by molar-refractivity contribution is -0.146. The summed E-state index contributed by atoms with van der Waals surface area (Å²) < 4.78 is 18.1. The first-order chi connectivity index (χ1) is 15.8. The number of carbonyl (C=O) groups is 4. The molecule has 1 aromatic heterocycles. The second-order valence-corrected chi connectivity index (χ2v) is 8.30. The van der Waals surface area contributed by atoms with Crippen LogP contribution < -0.4 is 5.32 Å². The molecule has 0 saturated heterocycles. The van der Waals surface area contributed by atoms with Gasteiger partial charge in [0.2, 0.25) is 5.91 Å². The van der Waals surface area contributed by atoms with Crippen molar-refractivity contribution in [2.75, 3.05) is 13.3 Å². The molecular formula is C25H31FN2O5. The van der Waals surface area contributed by atoms with Gasteiger partial charge in [-0.05, 0) is 23.8 Å². The average Bonchev–Trinajstić information content (AvgIpc) is 2.80. The maximum Gasteiger partial charge on any atom is 0.308 e. The number of aromatic nitrogens is 1. The van der Waals surface area contributed by atoms with Gasteiger partial charge in [-0.25, -0.2) is 4.39 Å². The van der Waals surface area contributed by atoms with E-state index in [1.807, 2.05) is 19.1 Å². The van der Waals surface area contributed by atoms with Gasteiger partial charge in [-0.3, -0.25) is 24.2 Å². The van der Waals surface area contributed by atoms with Gasteiger partial charge in [0.05, 0.1) is 13.0 Å². The molecule has 2 aromatic rings. The molecule has 2 atom stereocenters. The van der Waals surface area contributed by atoms with E-state index in [-0.39, 0.29) is 30.4 Å². The molecule has 2 unspecified atom stereocenters. The summed E-state index contributed by atoms with van der Waals surface area (Å²) in [5.74, 6) is -3.54. The first-order valence-electron chi connectivity index (χ1n) is 11.2. The number of amides is 1. The fourth-order valence-electron chi connectivity index (χ4n) is 3.44. The highest BCUT2D eigenvalue weighted by molar-refractivity contribution is 6.07. The van der Waals surface area contributed by atoms with E-state index in [4.69, 9.17) is 4.74 Å². The Morgan fingerprint density at radius 2 is 1.82 bits per heavy atom. The predicted octanol–water partition coefficient (Wildman–Crippen LogP) is 3.84. The van der Waals surface area contributed by atoms with Crippen LogP contribution in [0.3, 0.4) is 0 Å². The summed E-state index contributed by atoms with van der Waals surface area (Å²) in [7, 11) is 0. The van der Waals surface area contributed by atoms with E-state index in [2.05, 4.69) is 10.3 Å². The summed E-state index contributed by atoms with van der Waals surface area (Å²) in [5.41, 5.74) is 0.266. The highest BCUT2D eigenvalue weighted by Crippen LogP contribution is 2.23. The summed E-state index contributed by atoms with van der Waals surface area (Å²) in [6.45, 7) is 4.36. The van der Waals surface area contributed by atoms with E-state index in [1.165, 1.54) is 0 Å². The zero-order valence-corrected chi connectivity index (χ0v) is 19.3. The van der Waals surface area contributed by atoms with Crippen LogP contribution in [-0.2, 0) is 19.1 Å². The third-order valence-electron chi connectivity index (χ3n) is 5.45. The highest BCUT2D eigenvalue weighted by Gasteiger charge is 2.31. The van der Waals surface area contributed by atoms with Crippen molar-refractivity contribution < 1.29 is 28.3 Å². The first-order valence-corrected chi connectivity index (χ1v) is 11.2. The topological polar surface area (TPSA) is 102 Å². The van der Waals surface area contributed by atoms with Crippen molar-refractivity contribution in [2.24, 2.45) is 11.8 Å². The molecule has 178 valence electrons. The molecule has 0 bridgehead atoms. The molecule has 1 amide bonds. The minimum absolute atomic E-state index is 0.137. The van der Waals surface area contributed by atoms with Crippen LogP contribution >= 0.6 is 0 Å². The fourth-order valence-corrected chi connectivity index (χ4v) is 3.44. The van der Waals surface area contributed by atoms with Gasteiger partial charge in [-0.15, -0.1) is 0 Å². The average molecular weight is 459 g/mol. The Hall–Kier alpha value is -3.16. The van der Waals surface area contributed by atoms with Crippen molar-refractivity contribution in [1.82, 2.24) is 10.3 Å². The molecule has 1 heterocycles. The van der Waals surface area contributed by atoms with Gasteiger partial charge in [0, 0.05) is 23.9 Å². The monoisotopic (exact) mass is 458 g/mol. The van der Waals surface area contributed by atoms with Gasteiger partial charge in [0.25, 0.3) is 0 Å². The number of fused-ring (bicyclic) bond motifs is 1. The third kappa shape index (κ3) is 7.44. The molecule has 0 aliphatic carbocycles. The second kappa shape index (κ2) is 12.8. The Morgan fingerprint density at radius 1 is 1.09 bits per heavy atom.